The second kappa shape index (κ2) is 8.59. The number of anilines is 1. The fourth-order valence-electron chi connectivity index (χ4n) is 2.22. The van der Waals surface area contributed by atoms with Crippen molar-refractivity contribution >= 4 is 23.3 Å². The highest BCUT2D eigenvalue weighted by molar-refractivity contribution is 6.30. The van der Waals surface area contributed by atoms with Crippen molar-refractivity contribution in [3.8, 4) is 0 Å². The van der Waals surface area contributed by atoms with Crippen molar-refractivity contribution in [1.29, 1.82) is 0 Å². The average Bonchev–Trinajstić information content (AvgIpc) is 2.54. The number of amides is 1. The normalized spacial score (nSPS) is 10.5. The molecule has 0 radical (unpaired) electrons. The summed E-state index contributed by atoms with van der Waals surface area (Å²) in [6, 6.07) is 5.46. The molecule has 5 nitrogen and oxygen atoms in total. The quantitative estimate of drug-likeness (QED) is 0.593. The van der Waals surface area contributed by atoms with E-state index in [1.807, 2.05) is 6.92 Å². The molecular formula is C17H20ClFN4O. The van der Waals surface area contributed by atoms with Gasteiger partial charge in [0.1, 0.15) is 22.6 Å². The Morgan fingerprint density at radius 1 is 1.21 bits per heavy atom. The van der Waals surface area contributed by atoms with Crippen molar-refractivity contribution in [3.05, 3.63) is 52.2 Å². The molecule has 2 aromatic rings. The smallest absolute Gasteiger partial charge is 0.251 e. The molecule has 0 aliphatic heterocycles. The molecule has 24 heavy (non-hydrogen) atoms. The van der Waals surface area contributed by atoms with Crippen molar-refractivity contribution in [3.63, 3.8) is 0 Å². The maximum atomic E-state index is 12.8. The first-order valence-electron chi connectivity index (χ1n) is 7.82. The Bertz CT molecular complexity index is 706. The molecule has 0 saturated carbocycles. The molecule has 0 saturated heterocycles. The number of benzene rings is 1. The van der Waals surface area contributed by atoms with Gasteiger partial charge in [0.05, 0.1) is 0 Å². The maximum Gasteiger partial charge on any atom is 0.251 e. The van der Waals surface area contributed by atoms with E-state index in [2.05, 4.69) is 20.6 Å². The molecule has 0 spiro atoms. The maximum absolute atomic E-state index is 12.8. The third kappa shape index (κ3) is 4.89. The van der Waals surface area contributed by atoms with Gasteiger partial charge in [-0.05, 0) is 44.0 Å². The summed E-state index contributed by atoms with van der Waals surface area (Å²) in [5.74, 6) is 0.774. The first-order valence-corrected chi connectivity index (χ1v) is 8.19. The minimum absolute atomic E-state index is 0.217. The first kappa shape index (κ1) is 18.1. The Kier molecular flexibility index (Phi) is 6.49. The predicted octanol–water partition coefficient (Wildman–Crippen LogP) is 3.37. The van der Waals surface area contributed by atoms with E-state index in [1.54, 1.807) is 6.92 Å². The molecule has 2 N–H and O–H groups in total. The Hall–Kier alpha value is -2.21. The summed E-state index contributed by atoms with van der Waals surface area (Å²) in [6.07, 6.45) is 1.46. The number of hydrogen-bond donors (Lipinski definition) is 2. The monoisotopic (exact) mass is 350 g/mol. The Labute approximate surface area is 145 Å². The molecule has 0 aliphatic rings. The second-order valence-electron chi connectivity index (χ2n) is 5.29. The van der Waals surface area contributed by atoms with Gasteiger partial charge in [-0.1, -0.05) is 18.5 Å². The van der Waals surface area contributed by atoms with Gasteiger partial charge in [0.25, 0.3) is 5.91 Å². The summed E-state index contributed by atoms with van der Waals surface area (Å²) >= 11 is 6.12. The molecule has 1 aromatic heterocycles. The summed E-state index contributed by atoms with van der Waals surface area (Å²) < 4.78 is 12.8. The highest BCUT2D eigenvalue weighted by Gasteiger charge is 2.09. The van der Waals surface area contributed by atoms with E-state index in [9.17, 15) is 9.18 Å². The van der Waals surface area contributed by atoms with Crippen LogP contribution in [0.3, 0.4) is 0 Å². The van der Waals surface area contributed by atoms with Gasteiger partial charge in [-0.3, -0.25) is 4.79 Å². The first-order chi connectivity index (χ1) is 11.5. The van der Waals surface area contributed by atoms with Crippen LogP contribution >= 0.6 is 11.6 Å². The van der Waals surface area contributed by atoms with Crippen LogP contribution in [0.25, 0.3) is 0 Å². The zero-order chi connectivity index (χ0) is 17.5. The Balaban J connectivity index is 1.79. The summed E-state index contributed by atoms with van der Waals surface area (Å²) in [4.78, 5) is 20.4. The van der Waals surface area contributed by atoms with Gasteiger partial charge in [-0.2, -0.15) is 0 Å². The van der Waals surface area contributed by atoms with Crippen LogP contribution in [-0.4, -0.2) is 29.0 Å². The zero-order valence-electron chi connectivity index (χ0n) is 13.7. The molecule has 0 bridgehead atoms. The van der Waals surface area contributed by atoms with Crippen molar-refractivity contribution in [2.75, 3.05) is 18.4 Å². The third-order valence-corrected chi connectivity index (χ3v) is 3.77. The van der Waals surface area contributed by atoms with Gasteiger partial charge in [0.2, 0.25) is 0 Å². The number of nitrogens with zero attached hydrogens (tertiary/aromatic N) is 2. The molecule has 0 fully saturated rings. The van der Waals surface area contributed by atoms with E-state index >= 15 is 0 Å². The van der Waals surface area contributed by atoms with Crippen LogP contribution in [0.1, 0.15) is 35.1 Å². The second-order valence-corrected chi connectivity index (χ2v) is 5.64. The number of carbonyl (C=O) groups excluding carboxylic acids is 1. The highest BCUT2D eigenvalue weighted by atomic mass is 35.5. The summed E-state index contributed by atoms with van der Waals surface area (Å²) in [7, 11) is 0. The SMILES string of the molecule is CCc1c(Cl)nc(C)nc1NCCCNC(=O)c1ccc(F)cc1. The van der Waals surface area contributed by atoms with Gasteiger partial charge >= 0.3 is 0 Å². The number of aromatic nitrogens is 2. The van der Waals surface area contributed by atoms with Crippen LogP contribution in [0.2, 0.25) is 5.15 Å². The van der Waals surface area contributed by atoms with E-state index in [0.717, 1.165) is 24.2 Å². The topological polar surface area (TPSA) is 66.9 Å². The fraction of sp³-hybridized carbons (Fsp3) is 0.353. The summed E-state index contributed by atoms with van der Waals surface area (Å²) in [6.45, 7) is 4.93. The van der Waals surface area contributed by atoms with Crippen molar-refractivity contribution in [2.45, 2.75) is 26.7 Å². The summed E-state index contributed by atoms with van der Waals surface area (Å²) in [5.41, 5.74) is 1.33. The van der Waals surface area contributed by atoms with Crippen LogP contribution in [0.15, 0.2) is 24.3 Å². The van der Waals surface area contributed by atoms with Crippen molar-refractivity contribution < 1.29 is 9.18 Å². The fourth-order valence-corrected chi connectivity index (χ4v) is 2.57. The van der Waals surface area contributed by atoms with Crippen LogP contribution in [0.4, 0.5) is 10.2 Å². The van der Waals surface area contributed by atoms with E-state index in [-0.39, 0.29) is 11.7 Å². The molecule has 128 valence electrons. The number of halogens is 2. The molecule has 2 rings (SSSR count). The lowest BCUT2D eigenvalue weighted by atomic mass is 10.2. The van der Waals surface area contributed by atoms with Crippen LogP contribution in [0.5, 0.6) is 0 Å². The van der Waals surface area contributed by atoms with Gasteiger partial charge in [0, 0.05) is 24.2 Å². The third-order valence-electron chi connectivity index (χ3n) is 3.46. The van der Waals surface area contributed by atoms with E-state index in [0.29, 0.717) is 29.6 Å². The lowest BCUT2D eigenvalue weighted by Crippen LogP contribution is -2.26. The van der Waals surface area contributed by atoms with Crippen LogP contribution in [0, 0.1) is 12.7 Å². The predicted molar refractivity (Wildman–Crippen MR) is 93.0 cm³/mol. The Morgan fingerprint density at radius 3 is 2.58 bits per heavy atom. The summed E-state index contributed by atoms with van der Waals surface area (Å²) in [5, 5.41) is 6.50. The standard InChI is InChI=1S/C17H20ClFN4O/c1-3-14-15(18)22-11(2)23-16(14)20-9-4-10-21-17(24)12-5-7-13(19)8-6-12/h5-8H,3-4,9-10H2,1-2H3,(H,21,24)(H,20,22,23). The zero-order valence-corrected chi connectivity index (χ0v) is 14.5. The van der Waals surface area contributed by atoms with E-state index in [4.69, 9.17) is 11.6 Å². The van der Waals surface area contributed by atoms with E-state index < -0.39 is 0 Å². The largest absolute Gasteiger partial charge is 0.370 e. The van der Waals surface area contributed by atoms with Crippen LogP contribution < -0.4 is 10.6 Å². The lowest BCUT2D eigenvalue weighted by Gasteiger charge is -2.12. The molecule has 0 aliphatic carbocycles. The van der Waals surface area contributed by atoms with Crippen molar-refractivity contribution in [2.24, 2.45) is 0 Å². The minimum atomic E-state index is -0.360. The van der Waals surface area contributed by atoms with Gasteiger partial charge in [-0.25, -0.2) is 14.4 Å². The lowest BCUT2D eigenvalue weighted by molar-refractivity contribution is 0.0953. The molecular weight excluding hydrogens is 331 g/mol. The molecule has 0 atom stereocenters. The minimum Gasteiger partial charge on any atom is -0.370 e. The Morgan fingerprint density at radius 2 is 1.92 bits per heavy atom. The number of nitrogens with one attached hydrogen (secondary N) is 2. The van der Waals surface area contributed by atoms with E-state index in [1.165, 1.54) is 24.3 Å². The molecule has 7 heteroatoms. The number of rotatable bonds is 7. The van der Waals surface area contributed by atoms with Crippen molar-refractivity contribution in [1.82, 2.24) is 15.3 Å². The number of hydrogen-bond acceptors (Lipinski definition) is 4. The van der Waals surface area contributed by atoms with Gasteiger partial charge in [-0.15, -0.1) is 0 Å². The molecule has 1 amide bonds. The number of aryl methyl sites for hydroxylation is 1. The molecule has 0 unspecified atom stereocenters. The van der Waals surface area contributed by atoms with Crippen LogP contribution in [-0.2, 0) is 6.42 Å². The van der Waals surface area contributed by atoms with Gasteiger partial charge in [0.15, 0.2) is 0 Å². The highest BCUT2D eigenvalue weighted by Crippen LogP contribution is 2.21. The van der Waals surface area contributed by atoms with Gasteiger partial charge < -0.3 is 10.6 Å². The molecule has 1 heterocycles. The average molecular weight is 351 g/mol. The molecule has 1 aromatic carbocycles. The number of carbonyl (C=O) groups is 1.